The molecule has 4 atom stereocenters. The predicted molar refractivity (Wildman–Crippen MR) is 149 cm³/mol. The van der Waals surface area contributed by atoms with Crippen LogP contribution in [0.25, 0.3) is 11.3 Å². The molecule has 3 saturated heterocycles. The van der Waals surface area contributed by atoms with Crippen LogP contribution in [0.1, 0.15) is 30.0 Å². The van der Waals surface area contributed by atoms with Gasteiger partial charge in [-0.3, -0.25) is 9.58 Å². The van der Waals surface area contributed by atoms with E-state index in [1.165, 1.54) is 17.8 Å². The number of nitrogens with zero attached hydrogens (tertiary/aromatic N) is 5. The third-order valence-electron chi connectivity index (χ3n) is 7.60. The number of hydrogen-bond acceptors (Lipinski definition) is 5. The van der Waals surface area contributed by atoms with Gasteiger partial charge in [-0.2, -0.15) is 10.4 Å². The number of rotatable bonds is 6. The molecule has 0 spiro atoms. The van der Waals surface area contributed by atoms with Crippen molar-refractivity contribution in [2.75, 3.05) is 43.9 Å². The molecule has 36 heavy (non-hydrogen) atoms. The van der Waals surface area contributed by atoms with Gasteiger partial charge in [0, 0.05) is 68.8 Å². The first-order valence-corrected chi connectivity index (χ1v) is 12.9. The monoisotopic (exact) mass is 499 g/mol. The van der Waals surface area contributed by atoms with E-state index in [0.717, 1.165) is 43.0 Å². The van der Waals surface area contributed by atoms with Gasteiger partial charge in [0.1, 0.15) is 0 Å². The van der Waals surface area contributed by atoms with Gasteiger partial charge in [0.25, 0.3) is 0 Å². The van der Waals surface area contributed by atoms with E-state index >= 15 is 0 Å². The summed E-state index contributed by atoms with van der Waals surface area (Å²) in [5, 5.41) is 21.2. The summed E-state index contributed by atoms with van der Waals surface area (Å²) in [6.07, 6.45) is 2.38. The predicted octanol–water partition coefficient (Wildman–Crippen LogP) is 4.19. The van der Waals surface area contributed by atoms with Gasteiger partial charge in [0.2, 0.25) is 0 Å². The Morgan fingerprint density at radius 2 is 2.00 bits per heavy atom. The molecular weight excluding hydrogens is 466 g/mol. The van der Waals surface area contributed by atoms with Crippen molar-refractivity contribution in [1.82, 2.24) is 20.0 Å². The fraction of sp³-hybridized carbons (Fsp3) is 0.393. The molecule has 1 unspecified atom stereocenters. The van der Waals surface area contributed by atoms with E-state index in [2.05, 4.69) is 82.7 Å². The normalized spacial score (nSPS) is 22.6. The molecule has 4 heterocycles. The van der Waals surface area contributed by atoms with Crippen molar-refractivity contribution >= 4 is 28.7 Å². The number of aryl methyl sites for hydroxylation is 1. The van der Waals surface area contributed by atoms with Gasteiger partial charge >= 0.3 is 0 Å². The lowest BCUT2D eigenvalue weighted by Gasteiger charge is -2.50. The average Bonchev–Trinajstić information content (AvgIpc) is 3.29. The summed E-state index contributed by atoms with van der Waals surface area (Å²) in [4.78, 5) is 4.72. The zero-order valence-corrected chi connectivity index (χ0v) is 21.9. The van der Waals surface area contributed by atoms with Gasteiger partial charge in [-0.15, -0.1) is 0 Å². The summed E-state index contributed by atoms with van der Waals surface area (Å²) >= 11 is 5.52. The van der Waals surface area contributed by atoms with Crippen molar-refractivity contribution < 1.29 is 0 Å². The lowest BCUT2D eigenvalue weighted by atomic mass is 9.74. The Bertz CT molecular complexity index is 1270. The van der Waals surface area contributed by atoms with E-state index in [-0.39, 0.29) is 0 Å². The van der Waals surface area contributed by atoms with Crippen LogP contribution in [0, 0.1) is 17.2 Å². The van der Waals surface area contributed by atoms with E-state index in [4.69, 9.17) is 22.6 Å². The highest BCUT2D eigenvalue weighted by Gasteiger charge is 2.41. The molecule has 0 saturated carbocycles. The smallest absolute Gasteiger partial charge is 0.170 e. The van der Waals surface area contributed by atoms with Crippen LogP contribution in [0.4, 0.5) is 11.4 Å². The number of aromatic nitrogens is 2. The highest BCUT2D eigenvalue weighted by molar-refractivity contribution is 7.80. The zero-order valence-electron chi connectivity index (χ0n) is 21.1. The number of benzene rings is 2. The maximum absolute atomic E-state index is 9.10. The van der Waals surface area contributed by atoms with Crippen LogP contribution in [-0.4, -0.2) is 59.6 Å². The Hall–Kier alpha value is -3.41. The van der Waals surface area contributed by atoms with Gasteiger partial charge in [-0.25, -0.2) is 0 Å². The summed E-state index contributed by atoms with van der Waals surface area (Å²) in [6, 6.07) is 20.9. The summed E-state index contributed by atoms with van der Waals surface area (Å²) in [5.74, 6) is 1.15. The van der Waals surface area contributed by atoms with Gasteiger partial charge in [0.05, 0.1) is 17.3 Å². The minimum absolute atomic E-state index is 0.469. The second kappa shape index (κ2) is 10.3. The number of anilines is 2. The minimum atomic E-state index is 0.469. The topological polar surface area (TPSA) is 72.2 Å². The molecule has 2 N–H and O–H groups in total. The van der Waals surface area contributed by atoms with E-state index in [1.807, 2.05) is 18.2 Å². The molecule has 3 aromatic rings. The van der Waals surface area contributed by atoms with Crippen molar-refractivity contribution in [2.24, 2.45) is 13.0 Å². The maximum atomic E-state index is 9.10. The summed E-state index contributed by atoms with van der Waals surface area (Å²) in [6.45, 7) is 3.01. The number of piperidine rings is 3. The van der Waals surface area contributed by atoms with E-state index in [0.29, 0.717) is 28.6 Å². The van der Waals surface area contributed by atoms with Gasteiger partial charge in [-0.05, 0) is 73.9 Å². The molecule has 2 bridgehead atoms. The number of fused-ring (bicyclic) bond motifs is 3. The average molecular weight is 500 g/mol. The minimum Gasteiger partial charge on any atom is -0.378 e. The highest BCUT2D eigenvalue weighted by atomic mass is 32.1. The number of nitriles is 1. The quantitative estimate of drug-likeness (QED) is 0.493. The van der Waals surface area contributed by atoms with Crippen LogP contribution in [0.3, 0.4) is 0 Å². The Kier molecular flexibility index (Phi) is 6.95. The molecule has 6 rings (SSSR count). The van der Waals surface area contributed by atoms with E-state index in [9.17, 15) is 0 Å². The highest BCUT2D eigenvalue weighted by Crippen LogP contribution is 2.42. The van der Waals surface area contributed by atoms with Crippen molar-refractivity contribution in [3.8, 4) is 17.3 Å². The maximum Gasteiger partial charge on any atom is 0.170 e. The standard InChI is InChI=1S/C28H33N7S/c1-33(2)23-9-7-20(8-10-23)26-15-27(34(3)32-26)25-18-35-12-11-21(25)14-24(35)17-30-28(36)31-22-6-4-5-19(13-22)16-29/h4-10,13,15,21,24-25H,11-12,14,17-18H2,1-3H3,(H2,30,31,36)/t21-,24+,25+/m0/s1. The number of nitrogens with one attached hydrogen (secondary N) is 2. The first-order valence-electron chi connectivity index (χ1n) is 12.5. The van der Waals surface area contributed by atoms with Crippen molar-refractivity contribution in [3.63, 3.8) is 0 Å². The van der Waals surface area contributed by atoms with E-state index in [1.54, 1.807) is 6.07 Å². The lowest BCUT2D eigenvalue weighted by molar-refractivity contribution is 0.0303. The molecule has 8 heteroatoms. The molecule has 0 radical (unpaired) electrons. The van der Waals surface area contributed by atoms with Crippen LogP contribution in [0.2, 0.25) is 0 Å². The van der Waals surface area contributed by atoms with Gasteiger partial charge in [-0.1, -0.05) is 18.2 Å². The van der Waals surface area contributed by atoms with Gasteiger partial charge < -0.3 is 15.5 Å². The van der Waals surface area contributed by atoms with Gasteiger partial charge in [0.15, 0.2) is 5.11 Å². The molecular formula is C28H33N7S. The SMILES string of the molecule is CN(C)c1ccc(-c2cc([C@@H]3CN4CC[C@H]3C[C@@H]4CNC(=S)Nc3cccc(C#N)c3)n(C)n2)cc1. The van der Waals surface area contributed by atoms with Crippen molar-refractivity contribution in [2.45, 2.75) is 24.8 Å². The molecule has 7 nitrogen and oxygen atoms in total. The van der Waals surface area contributed by atoms with Crippen LogP contribution in [-0.2, 0) is 7.05 Å². The molecule has 186 valence electrons. The molecule has 0 amide bonds. The van der Waals surface area contributed by atoms with Crippen LogP contribution in [0.15, 0.2) is 54.6 Å². The third-order valence-corrected chi connectivity index (χ3v) is 7.85. The summed E-state index contributed by atoms with van der Waals surface area (Å²) in [7, 11) is 6.20. The Morgan fingerprint density at radius 3 is 2.69 bits per heavy atom. The Balaban J connectivity index is 1.20. The summed E-state index contributed by atoms with van der Waals surface area (Å²) < 4.78 is 2.09. The molecule has 2 aromatic carbocycles. The second-order valence-electron chi connectivity index (χ2n) is 10.1. The molecule has 1 aromatic heterocycles. The third kappa shape index (κ3) is 5.08. The fourth-order valence-electron chi connectivity index (χ4n) is 5.64. The lowest BCUT2D eigenvalue weighted by Crippen LogP contribution is -2.56. The Morgan fingerprint density at radius 1 is 1.19 bits per heavy atom. The van der Waals surface area contributed by atoms with Crippen LogP contribution >= 0.6 is 12.2 Å². The molecule has 3 aliphatic rings. The molecule has 3 fully saturated rings. The first-order chi connectivity index (χ1) is 17.4. The fourth-order valence-corrected chi connectivity index (χ4v) is 5.84. The Labute approximate surface area is 218 Å². The van der Waals surface area contributed by atoms with Crippen molar-refractivity contribution in [3.05, 3.63) is 65.9 Å². The van der Waals surface area contributed by atoms with E-state index < -0.39 is 0 Å². The largest absolute Gasteiger partial charge is 0.378 e. The summed E-state index contributed by atoms with van der Waals surface area (Å²) in [5.41, 5.74) is 6.18. The first kappa shape index (κ1) is 24.3. The second-order valence-corrected chi connectivity index (χ2v) is 10.5. The molecule has 0 aliphatic carbocycles. The van der Waals surface area contributed by atoms with Crippen LogP contribution in [0.5, 0.6) is 0 Å². The molecule has 3 aliphatic heterocycles. The zero-order chi connectivity index (χ0) is 25.2. The van der Waals surface area contributed by atoms with Crippen molar-refractivity contribution in [1.29, 1.82) is 5.26 Å². The number of hydrogen-bond donors (Lipinski definition) is 2. The van der Waals surface area contributed by atoms with Crippen LogP contribution < -0.4 is 15.5 Å². The number of thiocarbonyl (C=S) groups is 1.